The number of thioether (sulfide) groups is 1. The number of carbonyl (C=O) groups is 1. The average molecular weight is 365 g/mol. The SMILES string of the molecule is C=CC[C@H]1S/C(=N/N=Cc2ccc(OCc3ccccc3)cc2)NC1=O. The standard InChI is InChI=1S/C20H19N3O2S/c1-2-6-18-19(24)22-20(26-18)23-21-13-15-9-11-17(12-10-15)25-14-16-7-4-3-5-8-16/h2-5,7-13,18H,1,6,14H2,(H,22,23,24)/t18-/m1/s1. The van der Waals surface area contributed by atoms with Crippen molar-refractivity contribution in [1.82, 2.24) is 5.32 Å². The lowest BCUT2D eigenvalue weighted by molar-refractivity contribution is -0.118. The van der Waals surface area contributed by atoms with E-state index in [0.29, 0.717) is 18.2 Å². The molecule has 6 heteroatoms. The number of amides is 1. The van der Waals surface area contributed by atoms with E-state index in [1.165, 1.54) is 11.8 Å². The first-order valence-electron chi connectivity index (χ1n) is 8.21. The van der Waals surface area contributed by atoms with E-state index >= 15 is 0 Å². The Balaban J connectivity index is 1.52. The fourth-order valence-electron chi connectivity index (χ4n) is 2.30. The van der Waals surface area contributed by atoms with Crippen LogP contribution in [0.2, 0.25) is 0 Å². The minimum absolute atomic E-state index is 0.0521. The molecule has 1 aliphatic heterocycles. The second-order valence-corrected chi connectivity index (χ2v) is 6.80. The van der Waals surface area contributed by atoms with Crippen molar-refractivity contribution in [3.8, 4) is 5.75 Å². The highest BCUT2D eigenvalue weighted by atomic mass is 32.2. The third kappa shape index (κ3) is 5.07. The Hall–Kier alpha value is -2.86. The summed E-state index contributed by atoms with van der Waals surface area (Å²) in [5.41, 5.74) is 2.03. The van der Waals surface area contributed by atoms with Gasteiger partial charge in [0.15, 0.2) is 5.17 Å². The maximum absolute atomic E-state index is 11.7. The lowest BCUT2D eigenvalue weighted by atomic mass is 10.2. The molecule has 1 saturated heterocycles. The van der Waals surface area contributed by atoms with E-state index in [9.17, 15) is 4.79 Å². The van der Waals surface area contributed by atoms with Crippen LogP contribution >= 0.6 is 11.8 Å². The summed E-state index contributed by atoms with van der Waals surface area (Å²) in [5.74, 6) is 0.743. The van der Waals surface area contributed by atoms with Gasteiger partial charge in [0, 0.05) is 0 Å². The molecule has 0 spiro atoms. The van der Waals surface area contributed by atoms with Crippen molar-refractivity contribution >= 4 is 29.1 Å². The number of ether oxygens (including phenoxy) is 1. The van der Waals surface area contributed by atoms with Gasteiger partial charge >= 0.3 is 0 Å². The lowest BCUT2D eigenvalue weighted by Crippen LogP contribution is -2.24. The smallest absolute Gasteiger partial charge is 0.239 e. The van der Waals surface area contributed by atoms with Crippen molar-refractivity contribution in [1.29, 1.82) is 0 Å². The van der Waals surface area contributed by atoms with E-state index < -0.39 is 0 Å². The van der Waals surface area contributed by atoms with Crippen LogP contribution in [0.5, 0.6) is 5.75 Å². The summed E-state index contributed by atoms with van der Waals surface area (Å²) in [5, 5.41) is 11.1. The van der Waals surface area contributed by atoms with Gasteiger partial charge in [-0.1, -0.05) is 48.2 Å². The first-order chi connectivity index (χ1) is 12.7. The third-order valence-electron chi connectivity index (χ3n) is 3.64. The van der Waals surface area contributed by atoms with Crippen LogP contribution in [0.25, 0.3) is 0 Å². The quantitative estimate of drug-likeness (QED) is 0.462. The van der Waals surface area contributed by atoms with E-state index in [-0.39, 0.29) is 11.2 Å². The molecule has 1 amide bonds. The van der Waals surface area contributed by atoms with E-state index in [1.54, 1.807) is 12.3 Å². The zero-order valence-corrected chi connectivity index (χ0v) is 15.0. The second kappa shape index (κ2) is 9.01. The van der Waals surface area contributed by atoms with Crippen molar-refractivity contribution in [3.63, 3.8) is 0 Å². The summed E-state index contributed by atoms with van der Waals surface area (Å²) in [6.45, 7) is 4.18. The maximum Gasteiger partial charge on any atom is 0.239 e. The van der Waals surface area contributed by atoms with Gasteiger partial charge in [-0.05, 0) is 41.8 Å². The Bertz CT molecular complexity index is 817. The minimum atomic E-state index is -0.164. The van der Waals surface area contributed by atoms with Crippen LogP contribution in [0.1, 0.15) is 17.5 Å². The average Bonchev–Trinajstić information content (AvgIpc) is 3.02. The van der Waals surface area contributed by atoms with Gasteiger partial charge in [-0.25, -0.2) is 0 Å². The molecule has 1 fully saturated rings. The first-order valence-corrected chi connectivity index (χ1v) is 9.09. The molecule has 0 aliphatic carbocycles. The molecule has 5 nitrogen and oxygen atoms in total. The summed E-state index contributed by atoms with van der Waals surface area (Å²) in [7, 11) is 0. The normalized spacial score (nSPS) is 18.2. The van der Waals surface area contributed by atoms with Crippen molar-refractivity contribution < 1.29 is 9.53 Å². The van der Waals surface area contributed by atoms with Crippen LogP contribution in [0.3, 0.4) is 0 Å². The van der Waals surface area contributed by atoms with Crippen LogP contribution in [0.4, 0.5) is 0 Å². The van der Waals surface area contributed by atoms with Gasteiger partial charge in [0.05, 0.1) is 11.5 Å². The van der Waals surface area contributed by atoms with Gasteiger partial charge in [0.2, 0.25) is 5.91 Å². The van der Waals surface area contributed by atoms with Gasteiger partial charge in [-0.15, -0.1) is 11.7 Å². The monoisotopic (exact) mass is 365 g/mol. The highest BCUT2D eigenvalue weighted by molar-refractivity contribution is 8.15. The van der Waals surface area contributed by atoms with E-state index in [2.05, 4.69) is 22.1 Å². The topological polar surface area (TPSA) is 63.1 Å². The fraction of sp³-hybridized carbons (Fsp3) is 0.150. The number of carbonyl (C=O) groups excluding carboxylic acids is 1. The number of hydrogen-bond acceptors (Lipinski definition) is 5. The fourth-order valence-corrected chi connectivity index (χ4v) is 3.22. The molecule has 1 atom stereocenters. The highest BCUT2D eigenvalue weighted by Crippen LogP contribution is 2.22. The van der Waals surface area contributed by atoms with E-state index in [4.69, 9.17) is 4.74 Å². The van der Waals surface area contributed by atoms with Crippen LogP contribution in [0, 0.1) is 0 Å². The number of nitrogens with zero attached hydrogens (tertiary/aromatic N) is 2. The molecule has 0 aromatic heterocycles. The molecule has 0 unspecified atom stereocenters. The number of hydrogen-bond donors (Lipinski definition) is 1. The van der Waals surface area contributed by atoms with Crippen LogP contribution in [-0.4, -0.2) is 22.5 Å². The molecule has 132 valence electrons. The number of allylic oxidation sites excluding steroid dienone is 1. The van der Waals surface area contributed by atoms with E-state index in [0.717, 1.165) is 16.9 Å². The van der Waals surface area contributed by atoms with Crippen molar-refractivity contribution in [2.45, 2.75) is 18.3 Å². The van der Waals surface area contributed by atoms with Gasteiger partial charge < -0.3 is 10.1 Å². The zero-order chi connectivity index (χ0) is 18.2. The Morgan fingerprint density at radius 3 is 2.65 bits per heavy atom. The number of amidine groups is 1. The molecular weight excluding hydrogens is 346 g/mol. The van der Waals surface area contributed by atoms with Gasteiger partial charge in [0.25, 0.3) is 0 Å². The van der Waals surface area contributed by atoms with Gasteiger partial charge in [-0.2, -0.15) is 5.10 Å². The second-order valence-electron chi connectivity index (χ2n) is 5.61. The van der Waals surface area contributed by atoms with Gasteiger partial charge in [0.1, 0.15) is 12.4 Å². The molecule has 26 heavy (non-hydrogen) atoms. The van der Waals surface area contributed by atoms with Crippen molar-refractivity contribution in [3.05, 3.63) is 78.4 Å². The Morgan fingerprint density at radius 2 is 1.92 bits per heavy atom. The molecule has 0 bridgehead atoms. The van der Waals surface area contributed by atoms with Gasteiger partial charge in [-0.3, -0.25) is 4.79 Å². The zero-order valence-electron chi connectivity index (χ0n) is 14.2. The highest BCUT2D eigenvalue weighted by Gasteiger charge is 2.28. The molecule has 2 aromatic carbocycles. The Labute approximate surface area is 156 Å². The molecule has 2 aromatic rings. The summed E-state index contributed by atoms with van der Waals surface area (Å²) in [6, 6.07) is 17.6. The third-order valence-corrected chi connectivity index (χ3v) is 4.74. The Kier molecular flexibility index (Phi) is 6.22. The molecule has 1 N–H and O–H groups in total. The first kappa shape index (κ1) is 17.9. The predicted molar refractivity (Wildman–Crippen MR) is 107 cm³/mol. The minimum Gasteiger partial charge on any atom is -0.489 e. The number of benzene rings is 2. The summed E-state index contributed by atoms with van der Waals surface area (Å²) in [6.07, 6.45) is 3.98. The largest absolute Gasteiger partial charge is 0.489 e. The van der Waals surface area contributed by atoms with Crippen LogP contribution < -0.4 is 10.1 Å². The predicted octanol–water partition coefficient (Wildman–Crippen LogP) is 3.76. The number of rotatable bonds is 7. The molecular formula is C20H19N3O2S. The summed E-state index contributed by atoms with van der Waals surface area (Å²) < 4.78 is 5.75. The van der Waals surface area contributed by atoms with Crippen molar-refractivity contribution in [2.24, 2.45) is 10.2 Å². The molecule has 0 saturated carbocycles. The van der Waals surface area contributed by atoms with Crippen LogP contribution in [0.15, 0.2) is 77.5 Å². The Morgan fingerprint density at radius 1 is 1.15 bits per heavy atom. The summed E-state index contributed by atoms with van der Waals surface area (Å²) >= 11 is 1.37. The molecule has 0 radical (unpaired) electrons. The molecule has 1 aliphatic rings. The van der Waals surface area contributed by atoms with E-state index in [1.807, 2.05) is 54.6 Å². The number of nitrogens with one attached hydrogen (secondary N) is 1. The van der Waals surface area contributed by atoms with Crippen LogP contribution in [-0.2, 0) is 11.4 Å². The molecule has 1 heterocycles. The maximum atomic E-state index is 11.7. The molecule has 3 rings (SSSR count). The van der Waals surface area contributed by atoms with Crippen molar-refractivity contribution in [2.75, 3.05) is 0 Å². The summed E-state index contributed by atoms with van der Waals surface area (Å²) in [4.78, 5) is 11.7. The lowest BCUT2D eigenvalue weighted by Gasteiger charge is -2.06.